The van der Waals surface area contributed by atoms with Gasteiger partial charge in [0.25, 0.3) is 0 Å². The second-order valence-corrected chi connectivity index (χ2v) is 5.45. The lowest BCUT2D eigenvalue weighted by Gasteiger charge is -2.37. The smallest absolute Gasteiger partial charge is 0.305 e. The maximum atomic E-state index is 11.9. The first-order valence-corrected chi connectivity index (χ1v) is 5.94. The molecule has 17 heavy (non-hydrogen) atoms. The molecule has 1 fully saturated rings. The minimum Gasteiger partial charge on any atom is -0.481 e. The molecule has 5 nitrogen and oxygen atoms in total. The van der Waals surface area contributed by atoms with Crippen molar-refractivity contribution >= 4 is 11.9 Å². The molecule has 0 aromatic heterocycles. The van der Waals surface area contributed by atoms with E-state index < -0.39 is 11.4 Å². The van der Waals surface area contributed by atoms with Gasteiger partial charge in [-0.1, -0.05) is 13.8 Å². The van der Waals surface area contributed by atoms with Gasteiger partial charge in [0.05, 0.1) is 25.0 Å². The summed E-state index contributed by atoms with van der Waals surface area (Å²) < 4.78 is 5.03. The maximum absolute atomic E-state index is 11.9. The minimum absolute atomic E-state index is 0.0269. The van der Waals surface area contributed by atoms with Crippen LogP contribution in [0.15, 0.2) is 0 Å². The SMILES string of the molecule is CC(C)C[C@@H](CC(=O)O)NC(=O)C1(C)COC1. The number of carboxylic acid groups (broad SMARTS) is 1. The summed E-state index contributed by atoms with van der Waals surface area (Å²) >= 11 is 0. The second-order valence-electron chi connectivity index (χ2n) is 5.45. The highest BCUT2D eigenvalue weighted by Gasteiger charge is 2.41. The van der Waals surface area contributed by atoms with Gasteiger partial charge in [0.2, 0.25) is 5.91 Å². The van der Waals surface area contributed by atoms with Crippen molar-refractivity contribution in [3.05, 3.63) is 0 Å². The Kier molecular flexibility index (Phi) is 4.51. The molecule has 1 saturated heterocycles. The van der Waals surface area contributed by atoms with Gasteiger partial charge in [-0.15, -0.1) is 0 Å². The normalized spacial score (nSPS) is 19.5. The fourth-order valence-corrected chi connectivity index (χ4v) is 1.87. The molecular formula is C12H21NO4. The number of ether oxygens (including phenoxy) is 1. The van der Waals surface area contributed by atoms with Crippen LogP contribution in [0.25, 0.3) is 0 Å². The van der Waals surface area contributed by atoms with E-state index in [1.54, 1.807) is 0 Å². The number of nitrogens with one attached hydrogen (secondary N) is 1. The zero-order valence-corrected chi connectivity index (χ0v) is 10.7. The van der Waals surface area contributed by atoms with E-state index in [2.05, 4.69) is 5.32 Å². The Balaban J connectivity index is 2.52. The summed E-state index contributed by atoms with van der Waals surface area (Å²) in [6.07, 6.45) is 0.649. The monoisotopic (exact) mass is 243 g/mol. The number of aliphatic carboxylic acids is 1. The van der Waals surface area contributed by atoms with Gasteiger partial charge in [-0.05, 0) is 19.3 Å². The van der Waals surface area contributed by atoms with Crippen LogP contribution in [0.1, 0.15) is 33.6 Å². The molecule has 5 heteroatoms. The van der Waals surface area contributed by atoms with Crippen molar-refractivity contribution in [3.63, 3.8) is 0 Å². The van der Waals surface area contributed by atoms with E-state index in [0.717, 1.165) is 0 Å². The van der Waals surface area contributed by atoms with E-state index in [1.165, 1.54) is 0 Å². The van der Waals surface area contributed by atoms with E-state index in [9.17, 15) is 9.59 Å². The average Bonchev–Trinajstić information content (AvgIpc) is 2.11. The van der Waals surface area contributed by atoms with E-state index >= 15 is 0 Å². The first kappa shape index (κ1) is 14.0. The van der Waals surface area contributed by atoms with Gasteiger partial charge in [0, 0.05) is 6.04 Å². The van der Waals surface area contributed by atoms with Crippen LogP contribution in [0.4, 0.5) is 0 Å². The zero-order valence-electron chi connectivity index (χ0n) is 10.7. The highest BCUT2D eigenvalue weighted by atomic mass is 16.5. The fraction of sp³-hybridized carbons (Fsp3) is 0.833. The molecule has 0 aromatic rings. The number of hydrogen-bond acceptors (Lipinski definition) is 3. The summed E-state index contributed by atoms with van der Waals surface area (Å²) in [4.78, 5) is 22.7. The summed E-state index contributed by atoms with van der Waals surface area (Å²) in [5.41, 5.74) is -0.478. The van der Waals surface area contributed by atoms with E-state index in [0.29, 0.717) is 25.6 Å². The van der Waals surface area contributed by atoms with Gasteiger partial charge in [-0.2, -0.15) is 0 Å². The number of carbonyl (C=O) groups excluding carboxylic acids is 1. The molecule has 98 valence electrons. The summed E-state index contributed by atoms with van der Waals surface area (Å²) in [5, 5.41) is 11.6. The molecule has 0 unspecified atom stereocenters. The molecule has 0 aromatic carbocycles. The molecule has 1 heterocycles. The first-order valence-electron chi connectivity index (χ1n) is 5.94. The summed E-state index contributed by atoms with van der Waals surface area (Å²) in [7, 11) is 0. The standard InChI is InChI=1S/C12H21NO4/c1-8(2)4-9(5-10(14)15)13-11(16)12(3)6-17-7-12/h8-9H,4-7H2,1-3H3,(H,13,16)(H,14,15)/t9-/m0/s1. The fourth-order valence-electron chi connectivity index (χ4n) is 1.87. The highest BCUT2D eigenvalue weighted by molar-refractivity contribution is 5.84. The summed E-state index contributed by atoms with van der Waals surface area (Å²) in [6.45, 7) is 6.68. The van der Waals surface area contributed by atoms with Crippen LogP contribution in [-0.2, 0) is 14.3 Å². The van der Waals surface area contributed by atoms with Crippen LogP contribution in [0.2, 0.25) is 0 Å². The Hall–Kier alpha value is -1.10. The predicted octanol–water partition coefficient (Wildman–Crippen LogP) is 1.03. The maximum Gasteiger partial charge on any atom is 0.305 e. The Bertz CT molecular complexity index is 297. The van der Waals surface area contributed by atoms with Gasteiger partial charge >= 0.3 is 5.97 Å². The van der Waals surface area contributed by atoms with Crippen molar-refractivity contribution in [2.45, 2.75) is 39.7 Å². The number of amides is 1. The van der Waals surface area contributed by atoms with Crippen LogP contribution in [0.5, 0.6) is 0 Å². The van der Waals surface area contributed by atoms with E-state index in [1.807, 2.05) is 20.8 Å². The average molecular weight is 243 g/mol. The van der Waals surface area contributed by atoms with Crippen LogP contribution < -0.4 is 5.32 Å². The Morgan fingerprint density at radius 3 is 2.35 bits per heavy atom. The van der Waals surface area contributed by atoms with Gasteiger partial charge in [0.15, 0.2) is 0 Å². The van der Waals surface area contributed by atoms with Crippen LogP contribution >= 0.6 is 0 Å². The Morgan fingerprint density at radius 2 is 2.00 bits per heavy atom. The number of carboxylic acids is 1. The molecule has 0 aliphatic carbocycles. The Morgan fingerprint density at radius 1 is 1.41 bits per heavy atom. The molecule has 2 N–H and O–H groups in total. The third kappa shape index (κ3) is 4.00. The van der Waals surface area contributed by atoms with Gasteiger partial charge < -0.3 is 15.2 Å². The lowest BCUT2D eigenvalue weighted by molar-refractivity contribution is -0.158. The predicted molar refractivity (Wildman–Crippen MR) is 62.6 cm³/mol. The Labute approximate surface area is 102 Å². The lowest BCUT2D eigenvalue weighted by Crippen LogP contribution is -2.54. The molecule has 1 aliphatic rings. The quantitative estimate of drug-likeness (QED) is 0.730. The molecular weight excluding hydrogens is 222 g/mol. The van der Waals surface area contributed by atoms with Crippen molar-refractivity contribution in [2.24, 2.45) is 11.3 Å². The van der Waals surface area contributed by atoms with Gasteiger partial charge in [0.1, 0.15) is 0 Å². The molecule has 0 radical (unpaired) electrons. The molecule has 1 aliphatic heterocycles. The van der Waals surface area contributed by atoms with Crippen molar-refractivity contribution in [2.75, 3.05) is 13.2 Å². The van der Waals surface area contributed by atoms with E-state index in [4.69, 9.17) is 9.84 Å². The summed E-state index contributed by atoms with van der Waals surface area (Å²) in [6, 6.07) is -0.294. The molecule has 1 atom stereocenters. The molecule has 1 rings (SSSR count). The van der Waals surface area contributed by atoms with Crippen molar-refractivity contribution < 1.29 is 19.4 Å². The number of hydrogen-bond donors (Lipinski definition) is 2. The first-order chi connectivity index (χ1) is 7.83. The van der Waals surface area contributed by atoms with Crippen LogP contribution in [0.3, 0.4) is 0 Å². The topological polar surface area (TPSA) is 75.6 Å². The molecule has 0 bridgehead atoms. The second kappa shape index (κ2) is 5.49. The van der Waals surface area contributed by atoms with E-state index in [-0.39, 0.29) is 18.4 Å². The summed E-state index contributed by atoms with van der Waals surface area (Å²) in [5.74, 6) is -0.633. The van der Waals surface area contributed by atoms with Crippen molar-refractivity contribution in [3.8, 4) is 0 Å². The lowest BCUT2D eigenvalue weighted by atomic mass is 9.87. The highest BCUT2D eigenvalue weighted by Crippen LogP contribution is 2.27. The zero-order chi connectivity index (χ0) is 13.1. The number of rotatable bonds is 6. The largest absolute Gasteiger partial charge is 0.481 e. The molecule has 0 saturated carbocycles. The third-order valence-electron chi connectivity index (χ3n) is 2.90. The van der Waals surface area contributed by atoms with Gasteiger partial charge in [-0.25, -0.2) is 0 Å². The third-order valence-corrected chi connectivity index (χ3v) is 2.90. The van der Waals surface area contributed by atoms with Crippen LogP contribution in [-0.4, -0.2) is 36.2 Å². The van der Waals surface area contributed by atoms with Gasteiger partial charge in [-0.3, -0.25) is 9.59 Å². The van der Waals surface area contributed by atoms with Crippen LogP contribution in [0, 0.1) is 11.3 Å². The molecule has 0 spiro atoms. The minimum atomic E-state index is -0.883. The van der Waals surface area contributed by atoms with Crippen molar-refractivity contribution in [1.29, 1.82) is 0 Å². The van der Waals surface area contributed by atoms with Crippen molar-refractivity contribution in [1.82, 2.24) is 5.32 Å². The number of carbonyl (C=O) groups is 2. The molecule has 1 amide bonds.